The average molecular weight is 338 g/mol. The highest BCUT2D eigenvalue weighted by Gasteiger charge is 2.38. The van der Waals surface area contributed by atoms with Gasteiger partial charge in [-0.1, -0.05) is 24.3 Å². The first kappa shape index (κ1) is 16.3. The topological polar surface area (TPSA) is 50.2 Å². The van der Waals surface area contributed by atoms with Crippen molar-refractivity contribution >= 4 is 5.91 Å². The van der Waals surface area contributed by atoms with E-state index in [4.69, 9.17) is 0 Å². The van der Waals surface area contributed by atoms with Crippen LogP contribution in [0.1, 0.15) is 29.0 Å². The standard InChI is InChI=1S/C20H26N4O/c1-23-13-16(10-22-23)18-11-21-12-19(18)20(25)24(2)17-8-7-14-5-3-4-6-15(14)9-17/h3-6,10,13,17-19,21H,7-9,11-12H2,1-2H3/t17?,18-,19+/m1/s1. The van der Waals surface area contributed by atoms with Crippen molar-refractivity contribution in [2.45, 2.75) is 31.2 Å². The number of benzene rings is 1. The van der Waals surface area contributed by atoms with E-state index in [1.54, 1.807) is 0 Å². The Morgan fingerprint density at radius 2 is 2.08 bits per heavy atom. The highest BCUT2D eigenvalue weighted by Crippen LogP contribution is 2.31. The Morgan fingerprint density at radius 3 is 2.84 bits per heavy atom. The van der Waals surface area contributed by atoms with Crippen LogP contribution in [-0.2, 0) is 24.7 Å². The third-order valence-corrected chi connectivity index (χ3v) is 5.90. The van der Waals surface area contributed by atoms with Crippen LogP contribution in [0.2, 0.25) is 0 Å². The zero-order valence-electron chi connectivity index (χ0n) is 15.0. The van der Waals surface area contributed by atoms with Gasteiger partial charge in [0.1, 0.15) is 0 Å². The Morgan fingerprint density at radius 1 is 1.28 bits per heavy atom. The predicted molar refractivity (Wildman–Crippen MR) is 97.3 cm³/mol. The minimum atomic E-state index is 0.00590. The molecule has 1 saturated heterocycles. The average Bonchev–Trinajstić information content (AvgIpc) is 3.28. The third-order valence-electron chi connectivity index (χ3n) is 5.90. The van der Waals surface area contributed by atoms with Gasteiger partial charge in [0.25, 0.3) is 0 Å². The number of likely N-dealkylation sites (N-methyl/N-ethyl adjacent to an activating group) is 1. The fourth-order valence-electron chi connectivity index (χ4n) is 4.37. The summed E-state index contributed by atoms with van der Waals surface area (Å²) in [6.45, 7) is 1.61. The largest absolute Gasteiger partial charge is 0.342 e. The van der Waals surface area contributed by atoms with Gasteiger partial charge in [0, 0.05) is 45.3 Å². The van der Waals surface area contributed by atoms with Gasteiger partial charge in [-0.15, -0.1) is 0 Å². The molecule has 1 aromatic heterocycles. The van der Waals surface area contributed by atoms with Gasteiger partial charge in [0.05, 0.1) is 12.1 Å². The molecule has 0 saturated carbocycles. The molecular formula is C20H26N4O. The minimum absolute atomic E-state index is 0.00590. The zero-order chi connectivity index (χ0) is 17.4. The van der Waals surface area contributed by atoms with Crippen LogP contribution in [0, 0.1) is 5.92 Å². The van der Waals surface area contributed by atoms with Crippen molar-refractivity contribution in [1.82, 2.24) is 20.0 Å². The van der Waals surface area contributed by atoms with E-state index in [9.17, 15) is 4.79 Å². The first-order valence-corrected chi connectivity index (χ1v) is 9.16. The summed E-state index contributed by atoms with van der Waals surface area (Å²) in [5.74, 6) is 0.495. The molecule has 132 valence electrons. The Labute approximate surface area is 149 Å². The Hall–Kier alpha value is -2.14. The smallest absolute Gasteiger partial charge is 0.227 e. The van der Waals surface area contributed by atoms with Gasteiger partial charge in [-0.2, -0.15) is 5.10 Å². The summed E-state index contributed by atoms with van der Waals surface area (Å²) in [7, 11) is 3.91. The molecule has 0 bridgehead atoms. The van der Waals surface area contributed by atoms with Gasteiger partial charge >= 0.3 is 0 Å². The maximum Gasteiger partial charge on any atom is 0.227 e. The molecule has 5 heteroatoms. The van der Waals surface area contributed by atoms with Gasteiger partial charge in [-0.05, 0) is 36.0 Å². The molecule has 1 amide bonds. The van der Waals surface area contributed by atoms with Gasteiger partial charge in [-0.25, -0.2) is 0 Å². The highest BCUT2D eigenvalue weighted by atomic mass is 16.2. The Balaban J connectivity index is 1.48. The van der Waals surface area contributed by atoms with Crippen LogP contribution in [-0.4, -0.2) is 46.8 Å². The number of carbonyl (C=O) groups excluding carboxylic acids is 1. The van der Waals surface area contributed by atoms with Gasteiger partial charge in [0.15, 0.2) is 0 Å². The van der Waals surface area contributed by atoms with E-state index in [0.29, 0.717) is 6.04 Å². The van der Waals surface area contributed by atoms with Crippen molar-refractivity contribution in [3.05, 3.63) is 53.3 Å². The summed E-state index contributed by atoms with van der Waals surface area (Å²) in [6, 6.07) is 8.93. The summed E-state index contributed by atoms with van der Waals surface area (Å²) in [6.07, 6.45) is 7.02. The second kappa shape index (κ2) is 6.64. The molecule has 0 radical (unpaired) electrons. The molecule has 4 rings (SSSR count). The number of fused-ring (bicyclic) bond motifs is 1. The number of amides is 1. The van der Waals surface area contributed by atoms with Gasteiger partial charge in [0.2, 0.25) is 5.91 Å². The van der Waals surface area contributed by atoms with Crippen molar-refractivity contribution in [3.8, 4) is 0 Å². The van der Waals surface area contributed by atoms with Crippen LogP contribution in [0.4, 0.5) is 0 Å². The minimum Gasteiger partial charge on any atom is -0.342 e. The molecule has 1 aromatic carbocycles. The molecule has 1 unspecified atom stereocenters. The quantitative estimate of drug-likeness (QED) is 0.927. The molecule has 5 nitrogen and oxygen atoms in total. The number of hydrogen-bond acceptors (Lipinski definition) is 3. The van der Waals surface area contributed by atoms with Crippen molar-refractivity contribution < 1.29 is 4.79 Å². The fraction of sp³-hybridized carbons (Fsp3) is 0.500. The van der Waals surface area contributed by atoms with Gasteiger partial charge < -0.3 is 10.2 Å². The van der Waals surface area contributed by atoms with Crippen molar-refractivity contribution in [3.63, 3.8) is 0 Å². The number of aromatic nitrogens is 2. The lowest BCUT2D eigenvalue weighted by Gasteiger charge is -2.34. The maximum absolute atomic E-state index is 13.2. The summed E-state index contributed by atoms with van der Waals surface area (Å²) < 4.78 is 1.82. The van der Waals surface area contributed by atoms with Crippen LogP contribution in [0.15, 0.2) is 36.7 Å². The highest BCUT2D eigenvalue weighted by molar-refractivity contribution is 5.80. The normalized spacial score (nSPS) is 25.6. The second-order valence-corrected chi connectivity index (χ2v) is 7.43. The lowest BCUT2D eigenvalue weighted by Crippen LogP contribution is -2.45. The first-order chi connectivity index (χ1) is 12.1. The molecule has 0 spiro atoms. The molecule has 3 atom stereocenters. The molecule has 1 N–H and O–H groups in total. The van der Waals surface area contributed by atoms with E-state index in [-0.39, 0.29) is 17.7 Å². The number of hydrogen-bond donors (Lipinski definition) is 1. The number of rotatable bonds is 3. The molecule has 2 heterocycles. The number of carbonyl (C=O) groups is 1. The van der Waals surface area contributed by atoms with E-state index in [2.05, 4.69) is 34.7 Å². The zero-order valence-corrected chi connectivity index (χ0v) is 15.0. The summed E-state index contributed by atoms with van der Waals surface area (Å²) in [5.41, 5.74) is 4.00. The molecule has 1 aliphatic heterocycles. The molecule has 25 heavy (non-hydrogen) atoms. The molecule has 1 aliphatic carbocycles. The summed E-state index contributed by atoms with van der Waals surface area (Å²) in [5, 5.41) is 7.68. The second-order valence-electron chi connectivity index (χ2n) is 7.43. The van der Waals surface area contributed by atoms with Crippen LogP contribution in [0.5, 0.6) is 0 Å². The summed E-state index contributed by atoms with van der Waals surface area (Å²) in [4.78, 5) is 15.2. The lowest BCUT2D eigenvalue weighted by molar-refractivity contribution is -0.136. The summed E-state index contributed by atoms with van der Waals surface area (Å²) >= 11 is 0. The van der Waals surface area contributed by atoms with E-state index >= 15 is 0 Å². The SMILES string of the molecule is CN(C(=O)[C@H]1CNC[C@@H]1c1cnn(C)c1)C1CCc2ccccc2C1. The molecule has 2 aliphatic rings. The Bertz CT molecular complexity index is 769. The number of nitrogens with one attached hydrogen (secondary N) is 1. The van der Waals surface area contributed by atoms with Crippen LogP contribution < -0.4 is 5.32 Å². The van der Waals surface area contributed by atoms with Crippen LogP contribution >= 0.6 is 0 Å². The molecule has 1 fully saturated rings. The first-order valence-electron chi connectivity index (χ1n) is 9.16. The third kappa shape index (κ3) is 3.09. The lowest BCUT2D eigenvalue weighted by atomic mass is 9.85. The van der Waals surface area contributed by atoms with Gasteiger partial charge in [-0.3, -0.25) is 9.48 Å². The Kier molecular flexibility index (Phi) is 4.34. The maximum atomic E-state index is 13.2. The van der Waals surface area contributed by atoms with Crippen molar-refractivity contribution in [1.29, 1.82) is 0 Å². The van der Waals surface area contributed by atoms with Crippen molar-refractivity contribution in [2.75, 3.05) is 20.1 Å². The number of aryl methyl sites for hydroxylation is 2. The van der Waals surface area contributed by atoms with Crippen LogP contribution in [0.3, 0.4) is 0 Å². The monoisotopic (exact) mass is 338 g/mol. The van der Waals surface area contributed by atoms with E-state index in [0.717, 1.165) is 37.9 Å². The van der Waals surface area contributed by atoms with Crippen LogP contribution in [0.25, 0.3) is 0 Å². The van der Waals surface area contributed by atoms with E-state index in [1.807, 2.05) is 36.1 Å². The molecular weight excluding hydrogens is 312 g/mol. The predicted octanol–water partition coefficient (Wildman–Crippen LogP) is 1.74. The van der Waals surface area contributed by atoms with E-state index in [1.165, 1.54) is 11.1 Å². The van der Waals surface area contributed by atoms with E-state index < -0.39 is 0 Å². The molecule has 2 aromatic rings. The number of nitrogens with zero attached hydrogens (tertiary/aromatic N) is 3. The fourth-order valence-corrected chi connectivity index (χ4v) is 4.37. The van der Waals surface area contributed by atoms with Crippen molar-refractivity contribution in [2.24, 2.45) is 13.0 Å².